The van der Waals surface area contributed by atoms with Crippen LogP contribution in [0.2, 0.25) is 0 Å². The Hall–Kier alpha value is -1.51. The van der Waals surface area contributed by atoms with Crippen LogP contribution in [0.5, 0.6) is 0 Å². The van der Waals surface area contributed by atoms with Crippen LogP contribution >= 0.6 is 0 Å². The lowest BCUT2D eigenvalue weighted by Gasteiger charge is -2.30. The van der Waals surface area contributed by atoms with Gasteiger partial charge in [-0.2, -0.15) is 0 Å². The summed E-state index contributed by atoms with van der Waals surface area (Å²) in [6.45, 7) is 1.20. The molecule has 0 atom stereocenters. The number of carbonyl (C=O) groups is 1. The Morgan fingerprint density at radius 1 is 1.29 bits per heavy atom. The van der Waals surface area contributed by atoms with Gasteiger partial charge in [-0.1, -0.05) is 12.1 Å². The molecule has 1 aliphatic rings. The summed E-state index contributed by atoms with van der Waals surface area (Å²) in [4.78, 5) is 12.2. The van der Waals surface area contributed by atoms with Gasteiger partial charge in [0.1, 0.15) is 5.82 Å². The van der Waals surface area contributed by atoms with Crippen LogP contribution in [0.25, 0.3) is 0 Å². The maximum atomic E-state index is 12.8. The largest absolute Gasteiger partial charge is 0.384 e. The molecule has 0 radical (unpaired) electrons. The number of hydrogen-bond donors (Lipinski definition) is 1. The summed E-state index contributed by atoms with van der Waals surface area (Å²) in [6.07, 6.45) is 1.00. The third-order valence-corrected chi connectivity index (χ3v) is 5.98. The number of hydrogen-bond acceptors (Lipinski definition) is 4. The number of sulfonamides is 1. The zero-order valence-corrected chi connectivity index (χ0v) is 14.5. The monoisotopic (exact) mass is 358 g/mol. The Kier molecular flexibility index (Phi) is 6.70. The third-order valence-electron chi connectivity index (χ3n) is 4.14. The Labute approximate surface area is 142 Å². The Morgan fingerprint density at radius 2 is 1.92 bits per heavy atom. The van der Waals surface area contributed by atoms with E-state index in [1.807, 2.05) is 0 Å². The number of nitrogens with one attached hydrogen (secondary N) is 1. The van der Waals surface area contributed by atoms with Crippen molar-refractivity contribution < 1.29 is 22.3 Å². The molecule has 6 nitrogen and oxygen atoms in total. The van der Waals surface area contributed by atoms with E-state index in [1.165, 1.54) is 23.5 Å². The van der Waals surface area contributed by atoms with E-state index in [9.17, 15) is 17.6 Å². The SMILES string of the molecule is COCCS(=O)(=O)N1CCC(C(=O)NCc2ccc(F)cc2)CC1. The number of amides is 1. The van der Waals surface area contributed by atoms with Gasteiger partial charge in [0, 0.05) is 32.7 Å². The highest BCUT2D eigenvalue weighted by atomic mass is 32.2. The zero-order chi connectivity index (χ0) is 17.6. The van der Waals surface area contributed by atoms with Crippen LogP contribution in [-0.2, 0) is 26.1 Å². The van der Waals surface area contributed by atoms with Crippen molar-refractivity contribution in [2.45, 2.75) is 19.4 Å². The van der Waals surface area contributed by atoms with Crippen molar-refractivity contribution in [2.24, 2.45) is 5.92 Å². The van der Waals surface area contributed by atoms with E-state index >= 15 is 0 Å². The molecule has 0 aliphatic carbocycles. The smallest absolute Gasteiger partial charge is 0.223 e. The molecule has 1 N–H and O–H groups in total. The molecule has 134 valence electrons. The van der Waals surface area contributed by atoms with E-state index in [-0.39, 0.29) is 30.0 Å². The van der Waals surface area contributed by atoms with Gasteiger partial charge in [-0.05, 0) is 30.5 Å². The van der Waals surface area contributed by atoms with Gasteiger partial charge in [0.2, 0.25) is 15.9 Å². The molecule has 0 spiro atoms. The molecule has 0 unspecified atom stereocenters. The fraction of sp³-hybridized carbons (Fsp3) is 0.562. The summed E-state index contributed by atoms with van der Waals surface area (Å²) in [5.41, 5.74) is 0.823. The highest BCUT2D eigenvalue weighted by molar-refractivity contribution is 7.89. The molecule has 24 heavy (non-hydrogen) atoms. The van der Waals surface area contributed by atoms with E-state index in [1.54, 1.807) is 12.1 Å². The second kappa shape index (κ2) is 8.55. The van der Waals surface area contributed by atoms with E-state index in [0.717, 1.165) is 5.56 Å². The van der Waals surface area contributed by atoms with E-state index in [0.29, 0.717) is 32.5 Å². The van der Waals surface area contributed by atoms with Gasteiger partial charge in [0.15, 0.2) is 0 Å². The Balaban J connectivity index is 1.79. The fourth-order valence-corrected chi connectivity index (χ4v) is 4.05. The molecule has 8 heteroatoms. The predicted molar refractivity (Wildman–Crippen MR) is 88.2 cm³/mol. The first-order chi connectivity index (χ1) is 11.4. The van der Waals surface area contributed by atoms with Crippen molar-refractivity contribution in [3.05, 3.63) is 35.6 Å². The predicted octanol–water partition coefficient (Wildman–Crippen LogP) is 1.13. The van der Waals surface area contributed by atoms with E-state index < -0.39 is 10.0 Å². The third kappa shape index (κ3) is 5.25. The number of rotatable bonds is 7. The van der Waals surface area contributed by atoms with Gasteiger partial charge < -0.3 is 10.1 Å². The van der Waals surface area contributed by atoms with Crippen LogP contribution in [-0.4, -0.2) is 51.2 Å². The quantitative estimate of drug-likeness (QED) is 0.793. The normalized spacial score (nSPS) is 16.9. The lowest BCUT2D eigenvalue weighted by Crippen LogP contribution is -2.44. The molecule has 1 aromatic rings. The number of halogens is 1. The number of ether oxygens (including phenoxy) is 1. The van der Waals surface area contributed by atoms with Crippen LogP contribution in [0.3, 0.4) is 0 Å². The minimum Gasteiger partial charge on any atom is -0.384 e. The lowest BCUT2D eigenvalue weighted by atomic mass is 9.97. The highest BCUT2D eigenvalue weighted by Crippen LogP contribution is 2.20. The van der Waals surface area contributed by atoms with Gasteiger partial charge in [-0.25, -0.2) is 17.1 Å². The van der Waals surface area contributed by atoms with E-state index in [4.69, 9.17) is 4.74 Å². The molecule has 1 amide bonds. The summed E-state index contributed by atoms with van der Waals surface area (Å²) in [5, 5.41) is 2.83. The molecule has 1 heterocycles. The summed E-state index contributed by atoms with van der Waals surface area (Å²) < 4.78 is 43.2. The van der Waals surface area contributed by atoms with Crippen LogP contribution in [0.1, 0.15) is 18.4 Å². The van der Waals surface area contributed by atoms with Crippen molar-refractivity contribution in [1.82, 2.24) is 9.62 Å². The number of piperidine rings is 1. The van der Waals surface area contributed by atoms with E-state index in [2.05, 4.69) is 5.32 Å². The van der Waals surface area contributed by atoms with Gasteiger partial charge in [0.05, 0.1) is 12.4 Å². The average Bonchev–Trinajstić information content (AvgIpc) is 2.59. The Bertz CT molecular complexity index is 641. The second-order valence-electron chi connectivity index (χ2n) is 5.83. The van der Waals surface area contributed by atoms with Crippen molar-refractivity contribution in [2.75, 3.05) is 32.6 Å². The van der Waals surface area contributed by atoms with Crippen LogP contribution in [0, 0.1) is 11.7 Å². The molecule has 0 saturated carbocycles. The molecule has 2 rings (SSSR count). The highest BCUT2D eigenvalue weighted by Gasteiger charge is 2.30. The number of nitrogens with zero attached hydrogens (tertiary/aromatic N) is 1. The summed E-state index contributed by atoms with van der Waals surface area (Å²) >= 11 is 0. The minimum absolute atomic E-state index is 0.0368. The first kappa shape index (κ1) is 18.8. The lowest BCUT2D eigenvalue weighted by molar-refractivity contribution is -0.126. The first-order valence-corrected chi connectivity index (χ1v) is 9.52. The van der Waals surface area contributed by atoms with Gasteiger partial charge in [-0.3, -0.25) is 4.79 Å². The van der Waals surface area contributed by atoms with Crippen molar-refractivity contribution >= 4 is 15.9 Å². The Morgan fingerprint density at radius 3 is 2.50 bits per heavy atom. The van der Waals surface area contributed by atoms with Gasteiger partial charge >= 0.3 is 0 Å². The molecule has 0 aromatic heterocycles. The summed E-state index contributed by atoms with van der Waals surface area (Å²) in [5.74, 6) is -0.634. The number of methoxy groups -OCH3 is 1. The van der Waals surface area contributed by atoms with Crippen molar-refractivity contribution in [1.29, 1.82) is 0 Å². The minimum atomic E-state index is -3.31. The van der Waals surface area contributed by atoms with Gasteiger partial charge in [-0.15, -0.1) is 0 Å². The van der Waals surface area contributed by atoms with Crippen LogP contribution in [0.15, 0.2) is 24.3 Å². The first-order valence-electron chi connectivity index (χ1n) is 7.91. The molecular formula is C16H23FN2O4S. The van der Waals surface area contributed by atoms with Crippen LogP contribution < -0.4 is 5.32 Å². The number of carbonyl (C=O) groups excluding carboxylic acids is 1. The standard InChI is InChI=1S/C16H23FN2O4S/c1-23-10-11-24(21,22)19-8-6-14(7-9-19)16(20)18-12-13-2-4-15(17)5-3-13/h2-5,14H,6-12H2,1H3,(H,18,20). The summed E-state index contributed by atoms with van der Waals surface area (Å²) in [6, 6.07) is 5.96. The summed E-state index contributed by atoms with van der Waals surface area (Å²) in [7, 11) is -1.85. The van der Waals surface area contributed by atoms with Crippen molar-refractivity contribution in [3.63, 3.8) is 0 Å². The topological polar surface area (TPSA) is 75.7 Å². The molecule has 0 bridgehead atoms. The van der Waals surface area contributed by atoms with Crippen LogP contribution in [0.4, 0.5) is 4.39 Å². The second-order valence-corrected chi connectivity index (χ2v) is 7.91. The maximum absolute atomic E-state index is 12.8. The zero-order valence-electron chi connectivity index (χ0n) is 13.7. The molecular weight excluding hydrogens is 335 g/mol. The molecule has 1 saturated heterocycles. The molecule has 1 fully saturated rings. The van der Waals surface area contributed by atoms with Gasteiger partial charge in [0.25, 0.3) is 0 Å². The maximum Gasteiger partial charge on any atom is 0.223 e. The molecule has 1 aliphatic heterocycles. The molecule has 1 aromatic carbocycles. The van der Waals surface area contributed by atoms with Crippen molar-refractivity contribution in [3.8, 4) is 0 Å². The average molecular weight is 358 g/mol. The number of benzene rings is 1. The fourth-order valence-electron chi connectivity index (χ4n) is 2.65.